The smallest absolute Gasteiger partial charge is 0.244 e. The van der Waals surface area contributed by atoms with Gasteiger partial charge in [-0.05, 0) is 12.5 Å². The highest BCUT2D eigenvalue weighted by Gasteiger charge is 2.35. The molecular weight excluding hydrogens is 246 g/mol. The number of amides is 1. The molecule has 0 saturated heterocycles. The zero-order chi connectivity index (χ0) is 13.0. The Morgan fingerprint density at radius 1 is 1.44 bits per heavy atom. The summed E-state index contributed by atoms with van der Waals surface area (Å²) in [6.07, 6.45) is 1.67. The van der Waals surface area contributed by atoms with Crippen molar-refractivity contribution in [3.63, 3.8) is 0 Å². The number of nitrogens with two attached hydrogens (primary N) is 1. The predicted molar refractivity (Wildman–Crippen MR) is 71.9 cm³/mol. The highest BCUT2D eigenvalue weighted by atomic mass is 32.1. The normalized spacial score (nSPS) is 14.1. The maximum atomic E-state index is 11.7. The summed E-state index contributed by atoms with van der Waals surface area (Å²) in [4.78, 5) is 15.8. The van der Waals surface area contributed by atoms with Crippen molar-refractivity contribution < 1.29 is 4.79 Å². The lowest BCUT2D eigenvalue weighted by Gasteiger charge is -2.25. The van der Waals surface area contributed by atoms with Crippen LogP contribution < -0.4 is 11.1 Å². The van der Waals surface area contributed by atoms with E-state index in [4.69, 9.17) is 5.73 Å². The molecule has 94 valence electrons. The quantitative estimate of drug-likeness (QED) is 0.859. The molecule has 0 spiro atoms. The van der Waals surface area contributed by atoms with Gasteiger partial charge in [-0.25, -0.2) is 4.98 Å². The molecule has 1 aromatic heterocycles. The second-order valence-corrected chi connectivity index (χ2v) is 5.06. The molecular formula is C13H15N3OS. The first-order valence-corrected chi connectivity index (χ1v) is 6.50. The van der Waals surface area contributed by atoms with Crippen molar-refractivity contribution in [2.45, 2.75) is 19.0 Å². The van der Waals surface area contributed by atoms with Crippen LogP contribution in [0.4, 0.5) is 0 Å². The van der Waals surface area contributed by atoms with E-state index in [9.17, 15) is 4.79 Å². The molecule has 0 saturated carbocycles. The van der Waals surface area contributed by atoms with Gasteiger partial charge < -0.3 is 5.73 Å². The number of primary amides is 1. The summed E-state index contributed by atoms with van der Waals surface area (Å²) in [5.74, 6) is -0.423. The lowest BCUT2D eigenvalue weighted by molar-refractivity contribution is -0.124. The monoisotopic (exact) mass is 261 g/mol. The fourth-order valence-corrected chi connectivity index (χ4v) is 2.39. The van der Waals surface area contributed by atoms with Crippen LogP contribution in [0, 0.1) is 0 Å². The summed E-state index contributed by atoms with van der Waals surface area (Å²) in [5, 5.41) is 5.71. The van der Waals surface area contributed by atoms with E-state index < -0.39 is 11.4 Å². The summed E-state index contributed by atoms with van der Waals surface area (Å²) in [6, 6.07) is 9.87. The predicted octanol–water partition coefficient (Wildman–Crippen LogP) is 1.63. The maximum Gasteiger partial charge on any atom is 0.244 e. The number of rotatable bonds is 5. The Labute approximate surface area is 110 Å². The third kappa shape index (κ3) is 2.57. The van der Waals surface area contributed by atoms with Gasteiger partial charge in [-0.15, -0.1) is 11.3 Å². The Balaban J connectivity index is 2.15. The summed E-state index contributed by atoms with van der Waals surface area (Å²) in [7, 11) is 0. The summed E-state index contributed by atoms with van der Waals surface area (Å²) < 4.78 is 0. The number of aromatic nitrogens is 1. The van der Waals surface area contributed by atoms with Crippen LogP contribution in [0.15, 0.2) is 41.9 Å². The van der Waals surface area contributed by atoms with E-state index in [1.165, 1.54) is 11.3 Å². The van der Waals surface area contributed by atoms with E-state index in [2.05, 4.69) is 10.3 Å². The van der Waals surface area contributed by atoms with E-state index in [0.717, 1.165) is 5.56 Å². The van der Waals surface area contributed by atoms with Crippen molar-refractivity contribution in [3.05, 3.63) is 52.5 Å². The van der Waals surface area contributed by atoms with Gasteiger partial charge in [0.05, 0.1) is 0 Å². The Hall–Kier alpha value is -1.72. The molecule has 0 aliphatic rings. The third-order valence-electron chi connectivity index (χ3n) is 2.84. The van der Waals surface area contributed by atoms with E-state index in [0.29, 0.717) is 11.6 Å². The molecule has 0 radical (unpaired) electrons. The number of nitrogens with one attached hydrogen (secondary N) is 1. The van der Waals surface area contributed by atoms with Crippen molar-refractivity contribution in [2.75, 3.05) is 0 Å². The minimum absolute atomic E-state index is 0.423. The van der Waals surface area contributed by atoms with Gasteiger partial charge in [-0.1, -0.05) is 30.3 Å². The van der Waals surface area contributed by atoms with E-state index >= 15 is 0 Å². The van der Waals surface area contributed by atoms with Gasteiger partial charge >= 0.3 is 0 Å². The summed E-state index contributed by atoms with van der Waals surface area (Å²) in [5.41, 5.74) is 5.66. The minimum atomic E-state index is -0.927. The summed E-state index contributed by atoms with van der Waals surface area (Å²) in [6.45, 7) is 2.33. The Kier molecular flexibility index (Phi) is 3.74. The number of carbonyl (C=O) groups excluding carboxylic acids is 1. The molecule has 1 heterocycles. The van der Waals surface area contributed by atoms with Gasteiger partial charge in [0.25, 0.3) is 0 Å². The van der Waals surface area contributed by atoms with Crippen LogP contribution in [-0.4, -0.2) is 10.9 Å². The summed E-state index contributed by atoms with van der Waals surface area (Å²) >= 11 is 1.42. The van der Waals surface area contributed by atoms with Crippen LogP contribution in [0.1, 0.15) is 17.5 Å². The topological polar surface area (TPSA) is 68.0 Å². The van der Waals surface area contributed by atoms with E-state index in [-0.39, 0.29) is 0 Å². The van der Waals surface area contributed by atoms with Gasteiger partial charge in [-0.2, -0.15) is 0 Å². The molecule has 18 heavy (non-hydrogen) atoms. The van der Waals surface area contributed by atoms with Crippen molar-refractivity contribution in [1.29, 1.82) is 0 Å². The first-order valence-electron chi connectivity index (χ1n) is 5.62. The van der Waals surface area contributed by atoms with Crippen molar-refractivity contribution in [2.24, 2.45) is 5.73 Å². The van der Waals surface area contributed by atoms with E-state index in [1.54, 1.807) is 13.1 Å². The van der Waals surface area contributed by atoms with Crippen LogP contribution in [0.2, 0.25) is 0 Å². The molecule has 4 nitrogen and oxygen atoms in total. The highest BCUT2D eigenvalue weighted by molar-refractivity contribution is 7.09. The minimum Gasteiger partial charge on any atom is -0.368 e. The van der Waals surface area contributed by atoms with Crippen LogP contribution in [0.5, 0.6) is 0 Å². The molecule has 1 unspecified atom stereocenters. The maximum absolute atomic E-state index is 11.7. The number of carbonyl (C=O) groups is 1. The Bertz CT molecular complexity index is 512. The number of hydrogen-bond donors (Lipinski definition) is 2. The van der Waals surface area contributed by atoms with Crippen molar-refractivity contribution in [1.82, 2.24) is 10.3 Å². The fraction of sp³-hybridized carbons (Fsp3) is 0.231. The highest BCUT2D eigenvalue weighted by Crippen LogP contribution is 2.23. The van der Waals surface area contributed by atoms with Crippen LogP contribution in [0.25, 0.3) is 0 Å². The number of hydrogen-bond acceptors (Lipinski definition) is 4. The standard InChI is InChI=1S/C13H15N3OS/c1-13(11(14)17,12-15-7-8-18-12)16-9-10-5-3-2-4-6-10/h2-8,16H,9H2,1H3,(H2,14,17). The molecule has 5 heteroatoms. The average Bonchev–Trinajstić information content (AvgIpc) is 2.91. The third-order valence-corrected chi connectivity index (χ3v) is 3.84. The van der Waals surface area contributed by atoms with Gasteiger partial charge in [0.2, 0.25) is 5.91 Å². The first kappa shape index (κ1) is 12.7. The fourth-order valence-electron chi connectivity index (χ4n) is 1.61. The van der Waals surface area contributed by atoms with E-state index in [1.807, 2.05) is 35.7 Å². The van der Waals surface area contributed by atoms with Crippen molar-refractivity contribution >= 4 is 17.2 Å². The van der Waals surface area contributed by atoms with Gasteiger partial charge in [0.15, 0.2) is 0 Å². The number of nitrogens with zero attached hydrogens (tertiary/aromatic N) is 1. The lowest BCUT2D eigenvalue weighted by Crippen LogP contribution is -2.49. The molecule has 1 aromatic carbocycles. The second kappa shape index (κ2) is 5.29. The SMILES string of the molecule is CC(NCc1ccccc1)(C(N)=O)c1nccs1. The average molecular weight is 261 g/mol. The molecule has 2 rings (SSSR count). The largest absolute Gasteiger partial charge is 0.368 e. The van der Waals surface area contributed by atoms with Crippen LogP contribution in [-0.2, 0) is 16.9 Å². The van der Waals surface area contributed by atoms with Crippen LogP contribution in [0.3, 0.4) is 0 Å². The van der Waals surface area contributed by atoms with Gasteiger partial charge in [0.1, 0.15) is 10.5 Å². The molecule has 0 bridgehead atoms. The second-order valence-electron chi connectivity index (χ2n) is 4.17. The molecule has 1 amide bonds. The molecule has 0 aliphatic carbocycles. The lowest BCUT2D eigenvalue weighted by atomic mass is 10.0. The van der Waals surface area contributed by atoms with Crippen LogP contribution >= 0.6 is 11.3 Å². The first-order chi connectivity index (χ1) is 8.63. The van der Waals surface area contributed by atoms with Gasteiger partial charge in [-0.3, -0.25) is 10.1 Å². The Morgan fingerprint density at radius 2 is 2.17 bits per heavy atom. The zero-order valence-electron chi connectivity index (χ0n) is 10.1. The van der Waals surface area contributed by atoms with Gasteiger partial charge in [0, 0.05) is 18.1 Å². The molecule has 1 atom stereocenters. The molecule has 0 fully saturated rings. The molecule has 0 aliphatic heterocycles. The molecule has 2 aromatic rings. The number of benzene rings is 1. The number of thiazole rings is 1. The molecule has 3 N–H and O–H groups in total. The zero-order valence-corrected chi connectivity index (χ0v) is 10.9. The Morgan fingerprint density at radius 3 is 2.72 bits per heavy atom. The van der Waals surface area contributed by atoms with Crippen molar-refractivity contribution in [3.8, 4) is 0 Å².